The second-order valence-electron chi connectivity index (χ2n) is 8.48. The van der Waals surface area contributed by atoms with Crippen molar-refractivity contribution in [2.75, 3.05) is 0 Å². The molecule has 142 valence electrons. The van der Waals surface area contributed by atoms with Gasteiger partial charge in [-0.15, -0.1) is 0 Å². The van der Waals surface area contributed by atoms with Gasteiger partial charge in [0.2, 0.25) is 0 Å². The van der Waals surface area contributed by atoms with Gasteiger partial charge in [-0.2, -0.15) is 0 Å². The normalized spacial score (nSPS) is 26.7. The Balaban J connectivity index is 1.28. The van der Waals surface area contributed by atoms with Crippen molar-refractivity contribution in [2.24, 2.45) is 5.41 Å². The molecule has 3 nitrogen and oxygen atoms in total. The number of nitrogens with zero attached hydrogens (tertiary/aromatic N) is 1. The first-order valence-electron chi connectivity index (χ1n) is 10.4. The predicted molar refractivity (Wildman–Crippen MR) is 112 cm³/mol. The number of carbonyl (C=O) groups excluding carboxylic acids is 1. The van der Waals surface area contributed by atoms with Gasteiger partial charge in [-0.1, -0.05) is 36.4 Å². The highest BCUT2D eigenvalue weighted by atomic mass is 16.1. The van der Waals surface area contributed by atoms with Crippen molar-refractivity contribution in [1.82, 2.24) is 10.3 Å². The molecule has 0 saturated heterocycles. The summed E-state index contributed by atoms with van der Waals surface area (Å²) in [6.07, 6.45) is 9.12. The van der Waals surface area contributed by atoms with Crippen LogP contribution in [0.25, 0.3) is 10.9 Å². The van der Waals surface area contributed by atoms with E-state index >= 15 is 0 Å². The fourth-order valence-corrected chi connectivity index (χ4v) is 5.33. The van der Waals surface area contributed by atoms with Gasteiger partial charge in [-0.25, -0.2) is 0 Å². The van der Waals surface area contributed by atoms with E-state index in [4.69, 9.17) is 0 Å². The van der Waals surface area contributed by atoms with Gasteiger partial charge in [-0.3, -0.25) is 9.78 Å². The van der Waals surface area contributed by atoms with E-state index in [1.54, 1.807) is 0 Å². The van der Waals surface area contributed by atoms with Crippen LogP contribution in [0.1, 0.15) is 60.4 Å². The molecule has 2 aliphatic carbocycles. The van der Waals surface area contributed by atoms with Gasteiger partial charge in [0.15, 0.2) is 0 Å². The molecule has 1 unspecified atom stereocenters. The molecule has 2 aromatic carbocycles. The number of fused-ring (bicyclic) bond motifs is 1. The third kappa shape index (κ3) is 2.99. The Hall–Kier alpha value is -2.68. The van der Waals surface area contributed by atoms with Crippen molar-refractivity contribution in [3.8, 4) is 0 Å². The number of benzene rings is 2. The Morgan fingerprint density at radius 3 is 2.36 bits per heavy atom. The summed E-state index contributed by atoms with van der Waals surface area (Å²) in [6, 6.07) is 20.6. The van der Waals surface area contributed by atoms with Crippen molar-refractivity contribution in [3.63, 3.8) is 0 Å². The van der Waals surface area contributed by atoms with Crippen LogP contribution >= 0.6 is 0 Å². The zero-order valence-electron chi connectivity index (χ0n) is 16.1. The quantitative estimate of drug-likeness (QED) is 0.664. The lowest BCUT2D eigenvalue weighted by molar-refractivity contribution is 0.0173. The van der Waals surface area contributed by atoms with Crippen molar-refractivity contribution in [3.05, 3.63) is 78.0 Å². The largest absolute Gasteiger partial charge is 0.349 e. The zero-order chi connectivity index (χ0) is 19.0. The van der Waals surface area contributed by atoms with Crippen LogP contribution in [0, 0.1) is 5.41 Å². The van der Waals surface area contributed by atoms with E-state index in [1.165, 1.54) is 43.1 Å². The molecule has 5 rings (SSSR count). The van der Waals surface area contributed by atoms with Crippen LogP contribution in [-0.4, -0.2) is 16.9 Å². The maximum absolute atomic E-state index is 12.6. The van der Waals surface area contributed by atoms with E-state index in [0.29, 0.717) is 17.4 Å². The first-order chi connectivity index (χ1) is 13.8. The van der Waals surface area contributed by atoms with E-state index < -0.39 is 0 Å². The molecule has 2 aliphatic rings. The molecule has 1 aromatic heterocycles. The molecule has 1 N–H and O–H groups in total. The van der Waals surface area contributed by atoms with Crippen molar-refractivity contribution in [2.45, 2.75) is 50.5 Å². The van der Waals surface area contributed by atoms with Crippen LogP contribution in [0.3, 0.4) is 0 Å². The highest BCUT2D eigenvalue weighted by molar-refractivity contribution is 5.94. The van der Waals surface area contributed by atoms with Gasteiger partial charge >= 0.3 is 0 Å². The van der Waals surface area contributed by atoms with Crippen LogP contribution in [0.15, 0.2) is 66.9 Å². The van der Waals surface area contributed by atoms with E-state index in [2.05, 4.69) is 40.6 Å². The second kappa shape index (κ2) is 7.05. The van der Waals surface area contributed by atoms with E-state index in [1.807, 2.05) is 36.5 Å². The minimum atomic E-state index is 0.0759. The van der Waals surface area contributed by atoms with Gasteiger partial charge in [0.25, 0.3) is 5.91 Å². The number of para-hydroxylation sites is 1. The maximum Gasteiger partial charge on any atom is 0.251 e. The summed E-state index contributed by atoms with van der Waals surface area (Å²) in [4.78, 5) is 17.1. The average molecular weight is 370 g/mol. The van der Waals surface area contributed by atoms with E-state index in [-0.39, 0.29) is 5.91 Å². The molecule has 1 atom stereocenters. The molecular formula is C25H26N2O. The van der Waals surface area contributed by atoms with Gasteiger partial charge in [0, 0.05) is 23.2 Å². The molecular weight excluding hydrogens is 344 g/mol. The Bertz CT molecular complexity index is 984. The summed E-state index contributed by atoms with van der Waals surface area (Å²) >= 11 is 0. The Morgan fingerprint density at radius 2 is 1.61 bits per heavy atom. The Labute approximate surface area is 166 Å². The Morgan fingerprint density at radius 1 is 0.893 bits per heavy atom. The number of carbonyl (C=O) groups is 1. The fraction of sp³-hybridized carbons (Fsp3) is 0.360. The molecule has 1 heterocycles. The number of rotatable bonds is 3. The molecule has 2 fully saturated rings. The first kappa shape index (κ1) is 17.4. The number of aromatic nitrogens is 1. The third-order valence-electron chi connectivity index (χ3n) is 7.12. The van der Waals surface area contributed by atoms with Gasteiger partial charge in [0.05, 0.1) is 5.52 Å². The number of nitrogens with one attached hydrogen (secondary N) is 1. The van der Waals surface area contributed by atoms with Crippen molar-refractivity contribution < 1.29 is 4.79 Å². The molecule has 1 spiro atoms. The maximum atomic E-state index is 12.6. The second-order valence-corrected chi connectivity index (χ2v) is 8.48. The number of pyridine rings is 1. The van der Waals surface area contributed by atoms with Crippen LogP contribution in [0.4, 0.5) is 0 Å². The molecule has 3 heteroatoms. The van der Waals surface area contributed by atoms with E-state index in [9.17, 15) is 4.79 Å². The molecule has 0 radical (unpaired) electrons. The lowest BCUT2D eigenvalue weighted by Gasteiger charge is -2.53. The predicted octanol–water partition coefficient (Wildman–Crippen LogP) is 5.47. The zero-order valence-corrected chi connectivity index (χ0v) is 16.1. The van der Waals surface area contributed by atoms with Gasteiger partial charge in [-0.05, 0) is 79.7 Å². The summed E-state index contributed by atoms with van der Waals surface area (Å²) in [5.74, 6) is 0.677. The number of hydrogen-bond acceptors (Lipinski definition) is 2. The summed E-state index contributed by atoms with van der Waals surface area (Å²) in [7, 11) is 0. The number of amides is 1. The summed E-state index contributed by atoms with van der Waals surface area (Å²) in [5.41, 5.74) is 3.62. The fourth-order valence-electron chi connectivity index (χ4n) is 5.33. The topological polar surface area (TPSA) is 42.0 Å². The van der Waals surface area contributed by atoms with Crippen LogP contribution in [0.2, 0.25) is 0 Å². The molecule has 0 bridgehead atoms. The van der Waals surface area contributed by atoms with Crippen molar-refractivity contribution in [1.29, 1.82) is 0 Å². The molecule has 2 saturated carbocycles. The summed E-state index contributed by atoms with van der Waals surface area (Å²) < 4.78 is 0. The lowest BCUT2D eigenvalue weighted by atomic mass is 9.55. The highest BCUT2D eigenvalue weighted by Gasteiger charge is 2.49. The first-order valence-corrected chi connectivity index (χ1v) is 10.4. The molecule has 0 aliphatic heterocycles. The van der Waals surface area contributed by atoms with Gasteiger partial charge < -0.3 is 5.32 Å². The lowest BCUT2D eigenvalue weighted by Crippen LogP contribution is -2.56. The van der Waals surface area contributed by atoms with Crippen LogP contribution in [-0.2, 0) is 0 Å². The molecule has 28 heavy (non-hydrogen) atoms. The van der Waals surface area contributed by atoms with Crippen LogP contribution < -0.4 is 5.32 Å². The summed E-state index contributed by atoms with van der Waals surface area (Å²) in [6.45, 7) is 0. The molecule has 1 amide bonds. The standard InChI is InChI=1S/C25H26N2O/c28-24(19-6-2-1-3-7-19)27-23-12-16-25(23)14-10-18(11-15-25)20-13-17-26-22-9-5-4-8-21(20)22/h1-9,13,17-18,23H,10-12,14-16H2,(H,27,28). The van der Waals surface area contributed by atoms with Crippen molar-refractivity contribution >= 4 is 16.8 Å². The summed E-state index contributed by atoms with van der Waals surface area (Å²) in [5, 5.41) is 4.63. The third-order valence-corrected chi connectivity index (χ3v) is 7.12. The Kier molecular flexibility index (Phi) is 4.38. The molecule has 3 aromatic rings. The van der Waals surface area contributed by atoms with Crippen LogP contribution in [0.5, 0.6) is 0 Å². The van der Waals surface area contributed by atoms with Gasteiger partial charge in [0.1, 0.15) is 0 Å². The average Bonchev–Trinajstić information content (AvgIpc) is 2.77. The minimum absolute atomic E-state index is 0.0759. The monoisotopic (exact) mass is 370 g/mol. The highest BCUT2D eigenvalue weighted by Crippen LogP contribution is 2.55. The SMILES string of the molecule is O=C(NC1CCC12CCC(c1ccnc3ccccc13)CC2)c1ccccc1. The number of hydrogen-bond donors (Lipinski definition) is 1. The minimum Gasteiger partial charge on any atom is -0.349 e. The smallest absolute Gasteiger partial charge is 0.251 e. The van der Waals surface area contributed by atoms with E-state index in [0.717, 1.165) is 17.5 Å².